The van der Waals surface area contributed by atoms with Gasteiger partial charge in [-0.05, 0) is 18.4 Å². The summed E-state index contributed by atoms with van der Waals surface area (Å²) in [6.07, 6.45) is 3.84. The van der Waals surface area contributed by atoms with E-state index in [1.54, 1.807) is 13.4 Å². The van der Waals surface area contributed by atoms with Gasteiger partial charge in [0.2, 0.25) is 0 Å². The van der Waals surface area contributed by atoms with Crippen LogP contribution in [0.1, 0.15) is 38.1 Å². The Bertz CT molecular complexity index is 649. The highest BCUT2D eigenvalue weighted by Gasteiger charge is 2.28. The number of guanidine groups is 1. The maximum atomic E-state index is 4.32. The van der Waals surface area contributed by atoms with Gasteiger partial charge in [-0.1, -0.05) is 44.2 Å². The zero-order chi connectivity index (χ0) is 17.4. The van der Waals surface area contributed by atoms with E-state index in [0.29, 0.717) is 6.54 Å². The maximum Gasteiger partial charge on any atom is 0.191 e. The predicted molar refractivity (Wildman–Crippen MR) is 113 cm³/mol. The standard InChI is InChI=1S/C18H28N6.HI/c1-5-18(6-2,15-10-8-7-9-11-15)13-21-17(19-3)20-12-16-23-22-14-24(16)4;/h7-11,14H,5-6,12-13H2,1-4H3,(H2,19,20,21);1H. The van der Waals surface area contributed by atoms with Crippen LogP contribution in [0, 0.1) is 0 Å². The lowest BCUT2D eigenvalue weighted by atomic mass is 9.76. The van der Waals surface area contributed by atoms with Gasteiger partial charge in [0.25, 0.3) is 0 Å². The third-order valence-corrected chi connectivity index (χ3v) is 4.78. The third kappa shape index (κ3) is 5.42. The minimum Gasteiger partial charge on any atom is -0.356 e. The molecule has 0 bridgehead atoms. The molecule has 2 aromatic rings. The molecule has 0 amide bonds. The van der Waals surface area contributed by atoms with Crippen molar-refractivity contribution in [3.05, 3.63) is 48.0 Å². The second-order valence-corrected chi connectivity index (χ2v) is 5.99. The highest BCUT2D eigenvalue weighted by atomic mass is 127. The van der Waals surface area contributed by atoms with Gasteiger partial charge in [0, 0.05) is 26.1 Å². The maximum absolute atomic E-state index is 4.32. The van der Waals surface area contributed by atoms with Gasteiger partial charge < -0.3 is 15.2 Å². The quantitative estimate of drug-likeness (QED) is 0.382. The molecule has 1 aromatic heterocycles. The van der Waals surface area contributed by atoms with Gasteiger partial charge >= 0.3 is 0 Å². The number of aryl methyl sites for hydroxylation is 1. The molecule has 0 saturated heterocycles. The zero-order valence-electron chi connectivity index (χ0n) is 15.5. The largest absolute Gasteiger partial charge is 0.356 e. The van der Waals surface area contributed by atoms with E-state index in [1.165, 1.54) is 5.56 Å². The van der Waals surface area contributed by atoms with E-state index < -0.39 is 0 Å². The van der Waals surface area contributed by atoms with Gasteiger partial charge in [-0.3, -0.25) is 4.99 Å². The van der Waals surface area contributed by atoms with Crippen LogP contribution in [0.25, 0.3) is 0 Å². The first-order chi connectivity index (χ1) is 11.6. The Morgan fingerprint density at radius 1 is 1.16 bits per heavy atom. The summed E-state index contributed by atoms with van der Waals surface area (Å²) in [5.41, 5.74) is 1.47. The number of nitrogens with zero attached hydrogens (tertiary/aromatic N) is 4. The fourth-order valence-corrected chi connectivity index (χ4v) is 2.91. The van der Waals surface area contributed by atoms with E-state index in [-0.39, 0.29) is 29.4 Å². The summed E-state index contributed by atoms with van der Waals surface area (Å²) < 4.78 is 1.90. The normalized spacial score (nSPS) is 11.8. The number of halogens is 1. The molecule has 0 spiro atoms. The molecule has 0 radical (unpaired) electrons. The van der Waals surface area contributed by atoms with E-state index in [2.05, 4.69) is 70.0 Å². The lowest BCUT2D eigenvalue weighted by Crippen LogP contribution is -2.45. The van der Waals surface area contributed by atoms with Crippen molar-refractivity contribution in [2.45, 2.75) is 38.6 Å². The smallest absolute Gasteiger partial charge is 0.191 e. The average molecular weight is 456 g/mol. The second kappa shape index (κ2) is 10.4. The molecule has 0 atom stereocenters. The van der Waals surface area contributed by atoms with E-state index in [0.717, 1.165) is 31.2 Å². The van der Waals surface area contributed by atoms with Crippen LogP contribution in [-0.2, 0) is 19.0 Å². The summed E-state index contributed by atoms with van der Waals surface area (Å²) in [6.45, 7) is 5.91. The number of nitrogens with one attached hydrogen (secondary N) is 2. The molecule has 2 N–H and O–H groups in total. The first-order valence-corrected chi connectivity index (χ1v) is 8.48. The number of aliphatic imine (C=N–C) groups is 1. The lowest BCUT2D eigenvalue weighted by molar-refractivity contribution is 0.389. The molecule has 1 aromatic carbocycles. The van der Waals surface area contributed by atoms with Crippen molar-refractivity contribution < 1.29 is 0 Å². The summed E-state index contributed by atoms with van der Waals surface area (Å²) in [7, 11) is 3.72. The molecule has 0 saturated carbocycles. The van der Waals surface area contributed by atoms with Gasteiger partial charge in [-0.25, -0.2) is 0 Å². The molecule has 1 heterocycles. The third-order valence-electron chi connectivity index (χ3n) is 4.78. The summed E-state index contributed by atoms with van der Waals surface area (Å²) in [5.74, 6) is 1.65. The van der Waals surface area contributed by atoms with Gasteiger partial charge in [0.05, 0.1) is 6.54 Å². The number of benzene rings is 1. The first kappa shape index (κ1) is 21.4. The SMILES string of the molecule is CCC(CC)(CNC(=NC)NCc1nncn1C)c1ccccc1.I. The Labute approximate surface area is 167 Å². The van der Waals surface area contributed by atoms with Crippen molar-refractivity contribution in [1.82, 2.24) is 25.4 Å². The molecular formula is C18H29IN6. The minimum absolute atomic E-state index is 0. The molecule has 6 nitrogen and oxygen atoms in total. The molecule has 0 unspecified atom stereocenters. The fraction of sp³-hybridized carbons (Fsp3) is 0.500. The van der Waals surface area contributed by atoms with Crippen LogP contribution in [0.3, 0.4) is 0 Å². The molecule has 25 heavy (non-hydrogen) atoms. The second-order valence-electron chi connectivity index (χ2n) is 5.99. The van der Waals surface area contributed by atoms with Crippen molar-refractivity contribution in [2.75, 3.05) is 13.6 Å². The van der Waals surface area contributed by atoms with E-state index >= 15 is 0 Å². The van der Waals surface area contributed by atoms with Crippen molar-refractivity contribution >= 4 is 29.9 Å². The van der Waals surface area contributed by atoms with Crippen LogP contribution in [0.5, 0.6) is 0 Å². The summed E-state index contributed by atoms with van der Waals surface area (Å²) in [5, 5.41) is 14.7. The summed E-state index contributed by atoms with van der Waals surface area (Å²) in [4.78, 5) is 4.32. The Hall–Kier alpha value is -1.64. The van der Waals surface area contributed by atoms with Gasteiger partial charge in [0.15, 0.2) is 11.8 Å². The van der Waals surface area contributed by atoms with Crippen molar-refractivity contribution in [3.8, 4) is 0 Å². The van der Waals surface area contributed by atoms with E-state index in [4.69, 9.17) is 0 Å². The van der Waals surface area contributed by atoms with Crippen LogP contribution >= 0.6 is 24.0 Å². The number of rotatable bonds is 7. The minimum atomic E-state index is 0. The van der Waals surface area contributed by atoms with Gasteiger partial charge in [0.1, 0.15) is 6.33 Å². The van der Waals surface area contributed by atoms with Gasteiger partial charge in [-0.15, -0.1) is 34.2 Å². The molecule has 7 heteroatoms. The Morgan fingerprint density at radius 3 is 2.36 bits per heavy atom. The van der Waals surface area contributed by atoms with Gasteiger partial charge in [-0.2, -0.15) is 0 Å². The molecule has 2 rings (SSSR count). The monoisotopic (exact) mass is 456 g/mol. The Balaban J connectivity index is 0.00000312. The lowest BCUT2D eigenvalue weighted by Gasteiger charge is -2.33. The molecule has 0 aliphatic carbocycles. The summed E-state index contributed by atoms with van der Waals surface area (Å²) >= 11 is 0. The average Bonchev–Trinajstić information content (AvgIpc) is 3.04. The molecule has 138 valence electrons. The molecule has 0 fully saturated rings. The highest BCUT2D eigenvalue weighted by molar-refractivity contribution is 14.0. The number of hydrogen-bond donors (Lipinski definition) is 2. The topological polar surface area (TPSA) is 67.1 Å². The van der Waals surface area contributed by atoms with Crippen LogP contribution < -0.4 is 10.6 Å². The number of hydrogen-bond acceptors (Lipinski definition) is 3. The molecule has 0 aliphatic rings. The van der Waals surface area contributed by atoms with E-state index in [1.807, 2.05) is 11.6 Å². The van der Waals surface area contributed by atoms with E-state index in [9.17, 15) is 0 Å². The molecule has 0 aliphatic heterocycles. The first-order valence-electron chi connectivity index (χ1n) is 8.48. The van der Waals surface area contributed by atoms with Crippen LogP contribution in [0.4, 0.5) is 0 Å². The summed E-state index contributed by atoms with van der Waals surface area (Å²) in [6, 6.07) is 10.7. The Kier molecular flexibility index (Phi) is 8.88. The highest BCUT2D eigenvalue weighted by Crippen LogP contribution is 2.30. The molecular weight excluding hydrogens is 427 g/mol. The van der Waals surface area contributed by atoms with Crippen LogP contribution in [-0.4, -0.2) is 34.3 Å². The Morgan fingerprint density at radius 2 is 1.84 bits per heavy atom. The van der Waals surface area contributed by atoms with Crippen LogP contribution in [0.2, 0.25) is 0 Å². The predicted octanol–water partition coefficient (Wildman–Crippen LogP) is 2.86. The zero-order valence-corrected chi connectivity index (χ0v) is 17.8. The number of aromatic nitrogens is 3. The van der Waals surface area contributed by atoms with Crippen LogP contribution in [0.15, 0.2) is 41.7 Å². The van der Waals surface area contributed by atoms with Crippen molar-refractivity contribution in [3.63, 3.8) is 0 Å². The fourth-order valence-electron chi connectivity index (χ4n) is 2.91. The van der Waals surface area contributed by atoms with Crippen molar-refractivity contribution in [1.29, 1.82) is 0 Å². The van der Waals surface area contributed by atoms with Crippen molar-refractivity contribution in [2.24, 2.45) is 12.0 Å².